The second kappa shape index (κ2) is 4.89. The van der Waals surface area contributed by atoms with Crippen molar-refractivity contribution in [2.45, 2.75) is 0 Å². The summed E-state index contributed by atoms with van der Waals surface area (Å²) in [5.41, 5.74) is 5.47. The van der Waals surface area contributed by atoms with Gasteiger partial charge in [0.1, 0.15) is 23.0 Å². The molecule has 0 bridgehead atoms. The van der Waals surface area contributed by atoms with Gasteiger partial charge in [0.05, 0.1) is 11.9 Å². The zero-order chi connectivity index (χ0) is 14.0. The Kier molecular flexibility index (Phi) is 3.28. The first-order valence-electron chi connectivity index (χ1n) is 5.17. The number of carboxylic acid groups (broad SMARTS) is 1. The molecule has 2 rings (SSSR count). The summed E-state index contributed by atoms with van der Waals surface area (Å²) >= 11 is 0. The maximum absolute atomic E-state index is 13.0. The number of anilines is 3. The summed E-state index contributed by atoms with van der Waals surface area (Å²) in [4.78, 5) is 14.8. The number of pyridine rings is 1. The molecule has 5 nitrogen and oxygen atoms in total. The molecule has 0 amide bonds. The highest BCUT2D eigenvalue weighted by molar-refractivity contribution is 5.94. The molecule has 0 unspecified atom stereocenters. The van der Waals surface area contributed by atoms with Gasteiger partial charge in [0.15, 0.2) is 0 Å². The SMILES string of the molecule is Nc1cnc(Nc2cc(F)cc(F)c2)c(C(=O)O)c1. The molecule has 0 fully saturated rings. The number of nitrogen functional groups attached to an aromatic ring is 1. The fourth-order valence-corrected chi connectivity index (χ4v) is 1.51. The van der Waals surface area contributed by atoms with E-state index in [2.05, 4.69) is 10.3 Å². The van der Waals surface area contributed by atoms with Crippen LogP contribution in [0.25, 0.3) is 0 Å². The number of aromatic nitrogens is 1. The minimum atomic E-state index is -1.25. The number of nitrogens with two attached hydrogens (primary N) is 1. The maximum atomic E-state index is 13.0. The van der Waals surface area contributed by atoms with Crippen molar-refractivity contribution in [2.24, 2.45) is 0 Å². The lowest BCUT2D eigenvalue weighted by atomic mass is 10.2. The predicted octanol–water partition coefficient (Wildman–Crippen LogP) is 2.38. The summed E-state index contributed by atoms with van der Waals surface area (Å²) in [7, 11) is 0. The third-order valence-corrected chi connectivity index (χ3v) is 2.26. The minimum absolute atomic E-state index is 0.0494. The number of carboxylic acids is 1. The van der Waals surface area contributed by atoms with Gasteiger partial charge in [-0.25, -0.2) is 18.6 Å². The molecule has 0 radical (unpaired) electrons. The molecule has 1 heterocycles. The number of halogens is 2. The molecular weight excluding hydrogens is 256 g/mol. The Morgan fingerprint density at radius 2 is 1.84 bits per heavy atom. The normalized spacial score (nSPS) is 10.2. The Morgan fingerprint density at radius 3 is 2.42 bits per heavy atom. The quantitative estimate of drug-likeness (QED) is 0.793. The Labute approximate surface area is 106 Å². The van der Waals surface area contributed by atoms with E-state index in [9.17, 15) is 13.6 Å². The van der Waals surface area contributed by atoms with Crippen LogP contribution in [-0.2, 0) is 0 Å². The molecule has 1 aromatic carbocycles. The van der Waals surface area contributed by atoms with Crippen molar-refractivity contribution in [3.8, 4) is 0 Å². The molecule has 0 spiro atoms. The average molecular weight is 265 g/mol. The van der Waals surface area contributed by atoms with E-state index in [1.165, 1.54) is 12.3 Å². The molecule has 19 heavy (non-hydrogen) atoms. The van der Waals surface area contributed by atoms with Crippen molar-refractivity contribution in [3.05, 3.63) is 47.7 Å². The molecule has 98 valence electrons. The van der Waals surface area contributed by atoms with Gasteiger partial charge in [-0.2, -0.15) is 0 Å². The van der Waals surface area contributed by atoms with Gasteiger partial charge in [0.2, 0.25) is 0 Å². The zero-order valence-corrected chi connectivity index (χ0v) is 9.52. The van der Waals surface area contributed by atoms with Crippen LogP contribution >= 0.6 is 0 Å². The lowest BCUT2D eigenvalue weighted by Gasteiger charge is -2.09. The largest absolute Gasteiger partial charge is 0.478 e. The van der Waals surface area contributed by atoms with Crippen LogP contribution in [0.4, 0.5) is 26.0 Å². The summed E-state index contributed by atoms with van der Waals surface area (Å²) in [6.07, 6.45) is 1.24. The highest BCUT2D eigenvalue weighted by Gasteiger charge is 2.13. The van der Waals surface area contributed by atoms with Crippen LogP contribution in [0.15, 0.2) is 30.5 Å². The van der Waals surface area contributed by atoms with Crippen LogP contribution in [0.3, 0.4) is 0 Å². The van der Waals surface area contributed by atoms with Crippen molar-refractivity contribution in [1.82, 2.24) is 4.98 Å². The van der Waals surface area contributed by atoms with Crippen LogP contribution in [-0.4, -0.2) is 16.1 Å². The maximum Gasteiger partial charge on any atom is 0.339 e. The number of hydrogen-bond acceptors (Lipinski definition) is 4. The van der Waals surface area contributed by atoms with E-state index in [1.807, 2.05) is 0 Å². The number of nitrogens with zero attached hydrogens (tertiary/aromatic N) is 1. The van der Waals surface area contributed by atoms with Crippen LogP contribution in [0, 0.1) is 11.6 Å². The molecule has 2 aromatic rings. The fraction of sp³-hybridized carbons (Fsp3) is 0. The van der Waals surface area contributed by atoms with E-state index in [0.29, 0.717) is 6.07 Å². The minimum Gasteiger partial charge on any atom is -0.478 e. The fourth-order valence-electron chi connectivity index (χ4n) is 1.51. The first-order chi connectivity index (χ1) is 8.95. The van der Waals surface area contributed by atoms with Gasteiger partial charge in [0, 0.05) is 11.8 Å². The monoisotopic (exact) mass is 265 g/mol. The summed E-state index contributed by atoms with van der Waals surface area (Å²) < 4.78 is 26.0. The molecule has 1 aromatic heterocycles. The van der Waals surface area contributed by atoms with Gasteiger partial charge in [-0.3, -0.25) is 0 Å². The van der Waals surface area contributed by atoms with Gasteiger partial charge in [-0.05, 0) is 18.2 Å². The van der Waals surface area contributed by atoms with Crippen LogP contribution in [0.2, 0.25) is 0 Å². The summed E-state index contributed by atoms with van der Waals surface area (Å²) in [6, 6.07) is 3.95. The van der Waals surface area contributed by atoms with Gasteiger partial charge in [-0.1, -0.05) is 0 Å². The number of aromatic carboxylic acids is 1. The van der Waals surface area contributed by atoms with Crippen molar-refractivity contribution >= 4 is 23.2 Å². The topological polar surface area (TPSA) is 88.2 Å². The standard InChI is InChI=1S/C12H9F2N3O2/c13-6-1-7(14)3-9(2-6)17-11-10(12(18)19)4-8(15)5-16-11/h1-5H,15H2,(H,16,17)(H,18,19). The lowest BCUT2D eigenvalue weighted by molar-refractivity contribution is 0.0697. The molecule has 0 atom stereocenters. The Morgan fingerprint density at radius 1 is 1.21 bits per heavy atom. The molecule has 0 saturated heterocycles. The van der Waals surface area contributed by atoms with Crippen molar-refractivity contribution in [1.29, 1.82) is 0 Å². The third-order valence-electron chi connectivity index (χ3n) is 2.26. The van der Waals surface area contributed by atoms with E-state index in [1.54, 1.807) is 0 Å². The zero-order valence-electron chi connectivity index (χ0n) is 9.52. The second-order valence-electron chi connectivity index (χ2n) is 3.75. The smallest absolute Gasteiger partial charge is 0.339 e. The first kappa shape index (κ1) is 12.7. The molecule has 0 aliphatic carbocycles. The Hall–Kier alpha value is -2.70. The highest BCUT2D eigenvalue weighted by atomic mass is 19.1. The van der Waals surface area contributed by atoms with E-state index < -0.39 is 17.6 Å². The van der Waals surface area contributed by atoms with Gasteiger partial charge < -0.3 is 16.2 Å². The van der Waals surface area contributed by atoms with E-state index in [4.69, 9.17) is 10.8 Å². The molecule has 7 heteroatoms. The molecule has 0 aliphatic heterocycles. The molecule has 4 N–H and O–H groups in total. The predicted molar refractivity (Wildman–Crippen MR) is 65.2 cm³/mol. The molecule has 0 saturated carbocycles. The Bertz CT molecular complexity index is 627. The summed E-state index contributed by atoms with van der Waals surface area (Å²) in [5.74, 6) is -2.87. The van der Waals surface area contributed by atoms with Gasteiger partial charge in [-0.15, -0.1) is 0 Å². The second-order valence-corrected chi connectivity index (χ2v) is 3.75. The van der Waals surface area contributed by atoms with Crippen molar-refractivity contribution in [3.63, 3.8) is 0 Å². The van der Waals surface area contributed by atoms with E-state index in [0.717, 1.165) is 12.1 Å². The van der Waals surface area contributed by atoms with E-state index in [-0.39, 0.29) is 22.8 Å². The number of hydrogen-bond donors (Lipinski definition) is 3. The number of benzene rings is 1. The number of rotatable bonds is 3. The van der Waals surface area contributed by atoms with Crippen LogP contribution < -0.4 is 11.1 Å². The average Bonchev–Trinajstić information content (AvgIpc) is 2.30. The molecule has 0 aliphatic rings. The van der Waals surface area contributed by atoms with Gasteiger partial charge in [0.25, 0.3) is 0 Å². The molecular formula is C12H9F2N3O2. The van der Waals surface area contributed by atoms with Crippen molar-refractivity contribution < 1.29 is 18.7 Å². The summed E-state index contributed by atoms with van der Waals surface area (Å²) in [5, 5.41) is 11.5. The summed E-state index contributed by atoms with van der Waals surface area (Å²) in [6.45, 7) is 0. The third kappa shape index (κ3) is 2.95. The van der Waals surface area contributed by atoms with Crippen molar-refractivity contribution in [2.75, 3.05) is 11.1 Å². The first-order valence-corrected chi connectivity index (χ1v) is 5.17. The van der Waals surface area contributed by atoms with Crippen LogP contribution in [0.1, 0.15) is 10.4 Å². The number of nitrogens with one attached hydrogen (secondary N) is 1. The lowest BCUT2D eigenvalue weighted by Crippen LogP contribution is -2.06. The van der Waals surface area contributed by atoms with Crippen LogP contribution in [0.5, 0.6) is 0 Å². The Balaban J connectivity index is 2.40. The highest BCUT2D eigenvalue weighted by Crippen LogP contribution is 2.22. The van der Waals surface area contributed by atoms with E-state index >= 15 is 0 Å². The van der Waals surface area contributed by atoms with Gasteiger partial charge >= 0.3 is 5.97 Å². The number of carbonyl (C=O) groups is 1.